The molecule has 1 saturated heterocycles. The summed E-state index contributed by atoms with van der Waals surface area (Å²) in [6.45, 7) is 6.86. The molecule has 0 spiro atoms. The van der Waals surface area contributed by atoms with Crippen LogP contribution in [0.3, 0.4) is 0 Å². The van der Waals surface area contributed by atoms with Gasteiger partial charge in [0, 0.05) is 13.1 Å². The molecule has 1 aromatic heterocycles. The largest absolute Gasteiger partial charge is 0.338 e. The van der Waals surface area contributed by atoms with E-state index >= 15 is 0 Å². The summed E-state index contributed by atoms with van der Waals surface area (Å²) < 4.78 is 0. The molecule has 0 bridgehead atoms. The van der Waals surface area contributed by atoms with E-state index in [0.717, 1.165) is 54.5 Å². The minimum atomic E-state index is 0.183. The molecule has 0 aromatic carbocycles. The fourth-order valence-electron chi connectivity index (χ4n) is 2.82. The lowest BCUT2D eigenvalue weighted by Crippen LogP contribution is -2.42. The van der Waals surface area contributed by atoms with Gasteiger partial charge in [0.1, 0.15) is 4.88 Å². The summed E-state index contributed by atoms with van der Waals surface area (Å²) in [5, 5.41) is 4.32. The van der Waals surface area contributed by atoms with Crippen molar-refractivity contribution in [3.63, 3.8) is 0 Å². The van der Waals surface area contributed by atoms with Crippen molar-refractivity contribution in [2.75, 3.05) is 26.7 Å². The molecular weight excluding hydrogens is 270 g/mol. The molecule has 1 aromatic rings. The molecule has 112 valence electrons. The highest BCUT2D eigenvalue weighted by Gasteiger charge is 2.26. The van der Waals surface area contributed by atoms with Gasteiger partial charge in [-0.25, -0.2) is 4.98 Å². The maximum Gasteiger partial charge on any atom is 0.265 e. The third kappa shape index (κ3) is 3.58. The summed E-state index contributed by atoms with van der Waals surface area (Å²) in [6.07, 6.45) is 4.38. The van der Waals surface area contributed by atoms with Gasteiger partial charge in [0.25, 0.3) is 5.91 Å². The lowest BCUT2D eigenvalue weighted by Gasteiger charge is -2.32. The molecule has 2 heterocycles. The van der Waals surface area contributed by atoms with Crippen LogP contribution in [0.25, 0.3) is 0 Å². The lowest BCUT2D eigenvalue weighted by atomic mass is 9.98. The standard InChI is InChI=1S/C15H25N3OS/c1-4-6-13-17-11(2)14(20-13)15(19)18-8-5-7-12(10-18)9-16-3/h12,16H,4-10H2,1-3H3. The molecule has 4 nitrogen and oxygen atoms in total. The molecule has 1 amide bonds. The number of likely N-dealkylation sites (tertiary alicyclic amines) is 1. The Morgan fingerprint density at radius 2 is 2.35 bits per heavy atom. The topological polar surface area (TPSA) is 45.2 Å². The van der Waals surface area contributed by atoms with Crippen molar-refractivity contribution in [3.8, 4) is 0 Å². The van der Waals surface area contributed by atoms with E-state index in [1.165, 1.54) is 6.42 Å². The molecule has 1 unspecified atom stereocenters. The molecule has 1 aliphatic rings. The van der Waals surface area contributed by atoms with Gasteiger partial charge < -0.3 is 10.2 Å². The Bertz CT molecular complexity index is 456. The minimum Gasteiger partial charge on any atom is -0.338 e. The molecule has 0 aliphatic carbocycles. The van der Waals surface area contributed by atoms with Gasteiger partial charge in [-0.1, -0.05) is 6.92 Å². The third-order valence-electron chi connectivity index (χ3n) is 3.80. The van der Waals surface area contributed by atoms with Crippen LogP contribution in [0.15, 0.2) is 0 Å². The number of carbonyl (C=O) groups excluding carboxylic acids is 1. The predicted octanol–water partition coefficient (Wildman–Crippen LogP) is 2.48. The van der Waals surface area contributed by atoms with Crippen molar-refractivity contribution >= 4 is 17.2 Å². The van der Waals surface area contributed by atoms with Crippen LogP contribution in [-0.2, 0) is 6.42 Å². The SMILES string of the molecule is CCCc1nc(C)c(C(=O)N2CCCC(CNC)C2)s1. The maximum atomic E-state index is 12.7. The molecule has 20 heavy (non-hydrogen) atoms. The molecule has 0 saturated carbocycles. The number of rotatable bonds is 5. The number of hydrogen-bond acceptors (Lipinski definition) is 4. The van der Waals surface area contributed by atoms with Crippen LogP contribution in [0.2, 0.25) is 0 Å². The van der Waals surface area contributed by atoms with Gasteiger partial charge in [-0.3, -0.25) is 4.79 Å². The number of aromatic nitrogens is 1. The fourth-order valence-corrected chi connectivity index (χ4v) is 3.95. The number of amides is 1. The zero-order chi connectivity index (χ0) is 14.5. The highest BCUT2D eigenvalue weighted by Crippen LogP contribution is 2.24. The maximum absolute atomic E-state index is 12.7. The second-order valence-corrected chi connectivity index (χ2v) is 6.67. The second kappa shape index (κ2) is 7.18. The van der Waals surface area contributed by atoms with E-state index in [2.05, 4.69) is 17.2 Å². The first kappa shape index (κ1) is 15.4. The van der Waals surface area contributed by atoms with Crippen molar-refractivity contribution in [3.05, 3.63) is 15.6 Å². The van der Waals surface area contributed by atoms with Crippen LogP contribution >= 0.6 is 11.3 Å². The molecule has 1 fully saturated rings. The quantitative estimate of drug-likeness (QED) is 0.907. The van der Waals surface area contributed by atoms with E-state index in [4.69, 9.17) is 0 Å². The predicted molar refractivity (Wildman–Crippen MR) is 83.4 cm³/mol. The molecular formula is C15H25N3OS. The highest BCUT2D eigenvalue weighted by molar-refractivity contribution is 7.13. The Kier molecular flexibility index (Phi) is 5.54. The van der Waals surface area contributed by atoms with Crippen LogP contribution in [0, 0.1) is 12.8 Å². The third-order valence-corrected chi connectivity index (χ3v) is 5.00. The van der Waals surface area contributed by atoms with Crippen LogP contribution in [0.1, 0.15) is 46.6 Å². The first-order valence-electron chi connectivity index (χ1n) is 7.55. The monoisotopic (exact) mass is 295 g/mol. The summed E-state index contributed by atoms with van der Waals surface area (Å²) in [5.41, 5.74) is 0.902. The van der Waals surface area contributed by atoms with Crippen LogP contribution in [-0.4, -0.2) is 42.5 Å². The second-order valence-electron chi connectivity index (χ2n) is 5.59. The number of hydrogen-bond donors (Lipinski definition) is 1. The van der Waals surface area contributed by atoms with Gasteiger partial charge in [-0.15, -0.1) is 11.3 Å². The van der Waals surface area contributed by atoms with Crippen molar-refractivity contribution < 1.29 is 4.79 Å². The smallest absolute Gasteiger partial charge is 0.265 e. The average Bonchev–Trinajstić information content (AvgIpc) is 2.80. The Morgan fingerprint density at radius 1 is 1.55 bits per heavy atom. The number of piperidine rings is 1. The Balaban J connectivity index is 2.06. The Morgan fingerprint density at radius 3 is 3.05 bits per heavy atom. The normalized spacial score (nSPS) is 19.4. The molecule has 2 rings (SSSR count). The van der Waals surface area contributed by atoms with E-state index in [-0.39, 0.29) is 5.91 Å². The van der Waals surface area contributed by atoms with Crippen LogP contribution in [0.4, 0.5) is 0 Å². The molecule has 1 aliphatic heterocycles. The van der Waals surface area contributed by atoms with Gasteiger partial charge in [0.15, 0.2) is 0 Å². The number of aryl methyl sites for hydroxylation is 2. The van der Waals surface area contributed by atoms with Crippen LogP contribution in [0.5, 0.6) is 0 Å². The Hall–Kier alpha value is -0.940. The first-order chi connectivity index (χ1) is 9.65. The number of nitrogens with zero attached hydrogens (tertiary/aromatic N) is 2. The van der Waals surface area contributed by atoms with Gasteiger partial charge in [0.05, 0.1) is 10.7 Å². The van der Waals surface area contributed by atoms with Gasteiger partial charge in [-0.2, -0.15) is 0 Å². The van der Waals surface area contributed by atoms with Crippen molar-refractivity contribution in [1.82, 2.24) is 15.2 Å². The summed E-state index contributed by atoms with van der Waals surface area (Å²) in [4.78, 5) is 20.1. The zero-order valence-electron chi connectivity index (χ0n) is 12.7. The van der Waals surface area contributed by atoms with E-state index in [0.29, 0.717) is 5.92 Å². The summed E-state index contributed by atoms with van der Waals surface area (Å²) in [7, 11) is 1.98. The zero-order valence-corrected chi connectivity index (χ0v) is 13.6. The van der Waals surface area contributed by atoms with Crippen LogP contribution < -0.4 is 5.32 Å². The fraction of sp³-hybridized carbons (Fsp3) is 0.733. The first-order valence-corrected chi connectivity index (χ1v) is 8.37. The minimum absolute atomic E-state index is 0.183. The molecule has 0 radical (unpaired) electrons. The van der Waals surface area contributed by atoms with Gasteiger partial charge in [0.2, 0.25) is 0 Å². The van der Waals surface area contributed by atoms with Crippen molar-refractivity contribution in [2.24, 2.45) is 5.92 Å². The number of thiazole rings is 1. The number of nitrogens with one attached hydrogen (secondary N) is 1. The number of carbonyl (C=O) groups is 1. The lowest BCUT2D eigenvalue weighted by molar-refractivity contribution is 0.0678. The van der Waals surface area contributed by atoms with E-state index < -0.39 is 0 Å². The van der Waals surface area contributed by atoms with Gasteiger partial charge >= 0.3 is 0 Å². The summed E-state index contributed by atoms with van der Waals surface area (Å²) in [6, 6.07) is 0. The molecule has 5 heteroatoms. The van der Waals surface area contributed by atoms with Crippen molar-refractivity contribution in [1.29, 1.82) is 0 Å². The van der Waals surface area contributed by atoms with E-state index in [1.807, 2.05) is 18.9 Å². The van der Waals surface area contributed by atoms with Crippen molar-refractivity contribution in [2.45, 2.75) is 39.5 Å². The summed E-state index contributed by atoms with van der Waals surface area (Å²) >= 11 is 1.58. The average molecular weight is 295 g/mol. The summed E-state index contributed by atoms with van der Waals surface area (Å²) in [5.74, 6) is 0.768. The van der Waals surface area contributed by atoms with E-state index in [1.54, 1.807) is 11.3 Å². The Labute approximate surface area is 125 Å². The highest BCUT2D eigenvalue weighted by atomic mass is 32.1. The van der Waals surface area contributed by atoms with Gasteiger partial charge in [-0.05, 0) is 52.1 Å². The van der Waals surface area contributed by atoms with E-state index in [9.17, 15) is 4.79 Å². The molecule has 1 N–H and O–H groups in total. The molecule has 1 atom stereocenters.